The van der Waals surface area contributed by atoms with Gasteiger partial charge in [-0.2, -0.15) is 0 Å². The molecule has 0 saturated carbocycles. The van der Waals surface area contributed by atoms with Gasteiger partial charge in [0.1, 0.15) is 18.1 Å². The smallest absolute Gasteiger partial charge is 0.300 e. The maximum absolute atomic E-state index is 11.4. The number of nitrogens with two attached hydrogens (primary N) is 1. The summed E-state index contributed by atoms with van der Waals surface area (Å²) in [6.07, 6.45) is 0.794. The van der Waals surface area contributed by atoms with E-state index in [2.05, 4.69) is 4.98 Å². The fourth-order valence-electron chi connectivity index (χ4n) is 1.98. The van der Waals surface area contributed by atoms with Crippen LogP contribution in [0.25, 0.3) is 0 Å². The first-order chi connectivity index (χ1) is 10.0. The van der Waals surface area contributed by atoms with Crippen LogP contribution in [0.2, 0.25) is 0 Å². The number of hydrazine groups is 1. The van der Waals surface area contributed by atoms with Gasteiger partial charge in [-0.05, 0) is 38.5 Å². The minimum Gasteiger partial charge on any atom is -0.487 e. The summed E-state index contributed by atoms with van der Waals surface area (Å²) >= 11 is 0. The number of aromatic nitrogens is 1. The molecular formula is C15H19N3O3. The third kappa shape index (κ3) is 3.41. The van der Waals surface area contributed by atoms with Crippen LogP contribution in [-0.4, -0.2) is 10.9 Å². The summed E-state index contributed by atoms with van der Waals surface area (Å²) in [5.74, 6) is 6.17. The van der Waals surface area contributed by atoms with Gasteiger partial charge in [-0.3, -0.25) is 15.2 Å². The Morgan fingerprint density at radius 3 is 2.86 bits per heavy atom. The second kappa shape index (κ2) is 6.41. The number of hydrogen-bond donors (Lipinski definition) is 2. The summed E-state index contributed by atoms with van der Waals surface area (Å²) in [6.45, 7) is 6.06. The molecule has 0 aliphatic carbocycles. The highest BCUT2D eigenvalue weighted by Crippen LogP contribution is 2.21. The van der Waals surface area contributed by atoms with Crippen LogP contribution < -0.4 is 16.0 Å². The molecule has 2 aromatic rings. The molecule has 0 radical (unpaired) electrons. The van der Waals surface area contributed by atoms with Gasteiger partial charge in [0.2, 0.25) is 0 Å². The van der Waals surface area contributed by atoms with Crippen LogP contribution in [-0.2, 0) is 13.0 Å². The first kappa shape index (κ1) is 15.1. The van der Waals surface area contributed by atoms with Crippen molar-refractivity contribution in [1.29, 1.82) is 0 Å². The van der Waals surface area contributed by atoms with E-state index in [1.54, 1.807) is 13.0 Å². The molecule has 2 heterocycles. The third-order valence-corrected chi connectivity index (χ3v) is 3.17. The largest absolute Gasteiger partial charge is 0.487 e. The summed E-state index contributed by atoms with van der Waals surface area (Å²) < 4.78 is 11.1. The van der Waals surface area contributed by atoms with Crippen LogP contribution in [0.5, 0.6) is 5.75 Å². The Morgan fingerprint density at radius 2 is 2.19 bits per heavy atom. The van der Waals surface area contributed by atoms with Gasteiger partial charge in [0.05, 0.1) is 5.69 Å². The van der Waals surface area contributed by atoms with Gasteiger partial charge < -0.3 is 9.15 Å². The molecule has 0 aromatic carbocycles. The maximum Gasteiger partial charge on any atom is 0.300 e. The molecule has 0 unspecified atom stereocenters. The quantitative estimate of drug-likeness (QED) is 0.499. The Hall–Kier alpha value is -2.34. The summed E-state index contributed by atoms with van der Waals surface area (Å²) in [5, 5.41) is 0. The molecule has 3 N–H and O–H groups in total. The number of ether oxygens (including phenoxy) is 1. The fourth-order valence-corrected chi connectivity index (χ4v) is 1.98. The number of aryl methyl sites for hydroxylation is 3. The van der Waals surface area contributed by atoms with Gasteiger partial charge >= 0.3 is 5.91 Å². The van der Waals surface area contributed by atoms with Crippen LogP contribution >= 0.6 is 0 Å². The first-order valence-corrected chi connectivity index (χ1v) is 6.74. The summed E-state index contributed by atoms with van der Waals surface area (Å²) in [4.78, 5) is 15.9. The number of pyridine rings is 1. The number of nitrogen functional groups attached to an aromatic ring is 1. The zero-order chi connectivity index (χ0) is 15.4. The number of carbonyl (C=O) groups excluding carboxylic acids is 1. The second-order valence-corrected chi connectivity index (χ2v) is 4.71. The van der Waals surface area contributed by atoms with Crippen molar-refractivity contribution in [1.82, 2.24) is 10.4 Å². The highest BCUT2D eigenvalue weighted by Gasteiger charge is 2.14. The van der Waals surface area contributed by atoms with Crippen LogP contribution in [0.4, 0.5) is 0 Å². The fraction of sp³-hybridized carbons (Fsp3) is 0.333. The molecule has 0 aliphatic rings. The maximum atomic E-state index is 11.4. The monoisotopic (exact) mass is 289 g/mol. The van der Waals surface area contributed by atoms with Crippen molar-refractivity contribution in [3.05, 3.63) is 46.7 Å². The lowest BCUT2D eigenvalue weighted by molar-refractivity contribution is 0.0924. The minimum absolute atomic E-state index is 0.173. The predicted octanol–water partition coefficient (Wildman–Crippen LogP) is 2.04. The van der Waals surface area contributed by atoms with Crippen molar-refractivity contribution in [2.45, 2.75) is 33.8 Å². The SMILES string of the molecule is CCc1nc(C)ccc1OCc1cc(C(=O)NN)oc1C. The Balaban J connectivity index is 2.13. The second-order valence-electron chi connectivity index (χ2n) is 4.71. The Bertz CT molecular complexity index is 650. The van der Waals surface area contributed by atoms with E-state index in [9.17, 15) is 4.79 Å². The highest BCUT2D eigenvalue weighted by atomic mass is 16.5. The molecule has 0 atom stereocenters. The summed E-state index contributed by atoms with van der Waals surface area (Å²) in [6, 6.07) is 5.44. The van der Waals surface area contributed by atoms with Crippen LogP contribution in [0.3, 0.4) is 0 Å². The van der Waals surface area contributed by atoms with Gasteiger partial charge in [-0.25, -0.2) is 5.84 Å². The Kier molecular flexibility index (Phi) is 4.59. The van der Waals surface area contributed by atoms with E-state index < -0.39 is 5.91 Å². The van der Waals surface area contributed by atoms with Crippen molar-refractivity contribution >= 4 is 5.91 Å². The minimum atomic E-state index is -0.462. The predicted molar refractivity (Wildman–Crippen MR) is 77.8 cm³/mol. The number of rotatable bonds is 5. The lowest BCUT2D eigenvalue weighted by Crippen LogP contribution is -2.29. The van der Waals surface area contributed by atoms with E-state index in [4.69, 9.17) is 15.0 Å². The molecule has 0 fully saturated rings. The molecular weight excluding hydrogens is 270 g/mol. The number of carbonyl (C=O) groups is 1. The van der Waals surface area contributed by atoms with Crippen molar-refractivity contribution in [3.8, 4) is 5.75 Å². The number of nitrogens with zero attached hydrogens (tertiary/aromatic N) is 1. The molecule has 2 aromatic heterocycles. The van der Waals surface area contributed by atoms with E-state index in [-0.39, 0.29) is 5.76 Å². The van der Waals surface area contributed by atoms with Gasteiger partial charge in [0.25, 0.3) is 0 Å². The summed E-state index contributed by atoms with van der Waals surface area (Å²) in [7, 11) is 0. The van der Waals surface area contributed by atoms with Crippen molar-refractivity contribution in [2.75, 3.05) is 0 Å². The first-order valence-electron chi connectivity index (χ1n) is 6.74. The average molecular weight is 289 g/mol. The van der Waals surface area contributed by atoms with Crippen LogP contribution in [0.1, 0.15) is 40.2 Å². The molecule has 21 heavy (non-hydrogen) atoms. The molecule has 0 bridgehead atoms. The van der Waals surface area contributed by atoms with Crippen molar-refractivity contribution < 1.29 is 13.9 Å². The number of hydrogen-bond acceptors (Lipinski definition) is 5. The molecule has 2 rings (SSSR count). The van der Waals surface area contributed by atoms with E-state index >= 15 is 0 Å². The molecule has 0 aliphatic heterocycles. The normalized spacial score (nSPS) is 10.5. The Labute approximate surface area is 123 Å². The van der Waals surface area contributed by atoms with E-state index in [0.29, 0.717) is 12.4 Å². The number of nitrogens with one attached hydrogen (secondary N) is 1. The topological polar surface area (TPSA) is 90.4 Å². The molecule has 0 spiro atoms. The van der Waals surface area contributed by atoms with Gasteiger partial charge in [-0.1, -0.05) is 6.92 Å². The number of furan rings is 1. The van der Waals surface area contributed by atoms with Crippen LogP contribution in [0.15, 0.2) is 22.6 Å². The van der Waals surface area contributed by atoms with E-state index in [0.717, 1.165) is 29.1 Å². The number of amides is 1. The molecule has 1 amide bonds. The lowest BCUT2D eigenvalue weighted by atomic mass is 10.2. The zero-order valence-electron chi connectivity index (χ0n) is 12.4. The van der Waals surface area contributed by atoms with Gasteiger partial charge in [0, 0.05) is 11.3 Å². The highest BCUT2D eigenvalue weighted by molar-refractivity contribution is 5.91. The van der Waals surface area contributed by atoms with Gasteiger partial charge in [-0.15, -0.1) is 0 Å². The van der Waals surface area contributed by atoms with Crippen LogP contribution in [0, 0.1) is 13.8 Å². The summed E-state index contributed by atoms with van der Waals surface area (Å²) in [5.41, 5.74) is 4.71. The van der Waals surface area contributed by atoms with Crippen molar-refractivity contribution in [2.24, 2.45) is 5.84 Å². The standard InChI is InChI=1S/C15H19N3O3/c1-4-12-13(6-5-9(2)17-12)20-8-11-7-14(15(19)18-16)21-10(11)3/h5-7H,4,8,16H2,1-3H3,(H,18,19). The molecule has 6 nitrogen and oxygen atoms in total. The Morgan fingerprint density at radius 1 is 1.43 bits per heavy atom. The van der Waals surface area contributed by atoms with Gasteiger partial charge in [0.15, 0.2) is 5.76 Å². The molecule has 112 valence electrons. The van der Waals surface area contributed by atoms with E-state index in [1.807, 2.05) is 31.4 Å². The van der Waals surface area contributed by atoms with E-state index in [1.165, 1.54) is 0 Å². The lowest BCUT2D eigenvalue weighted by Gasteiger charge is -2.09. The van der Waals surface area contributed by atoms with Crippen molar-refractivity contribution in [3.63, 3.8) is 0 Å². The molecule has 0 saturated heterocycles. The molecule has 6 heteroatoms. The third-order valence-electron chi connectivity index (χ3n) is 3.17. The zero-order valence-corrected chi connectivity index (χ0v) is 12.4. The average Bonchev–Trinajstić information content (AvgIpc) is 2.86.